The number of carbonyl (C=O) groups is 1. The lowest BCUT2D eigenvalue weighted by Crippen LogP contribution is -2.32. The molecule has 1 aliphatic rings. The van der Waals surface area contributed by atoms with Crippen LogP contribution in [0.4, 0.5) is 0 Å². The van der Waals surface area contributed by atoms with Crippen LogP contribution in [0.25, 0.3) is 10.2 Å². The molecular formula is C20H21N5O3S. The van der Waals surface area contributed by atoms with Crippen LogP contribution < -0.4 is 15.7 Å². The van der Waals surface area contributed by atoms with Crippen molar-refractivity contribution >= 4 is 33.7 Å². The molecule has 0 unspecified atom stereocenters. The molecule has 0 fully saturated rings. The summed E-state index contributed by atoms with van der Waals surface area (Å²) in [6, 6.07) is 7.24. The highest BCUT2D eigenvalue weighted by Crippen LogP contribution is 2.35. The van der Waals surface area contributed by atoms with Crippen molar-refractivity contribution in [2.75, 3.05) is 7.11 Å². The summed E-state index contributed by atoms with van der Waals surface area (Å²) in [5, 5.41) is 12.6. The molecule has 0 aliphatic heterocycles. The third-order valence-electron chi connectivity index (χ3n) is 5.00. The summed E-state index contributed by atoms with van der Waals surface area (Å²) >= 11 is 1.54. The second-order valence-corrected chi connectivity index (χ2v) is 8.23. The Morgan fingerprint density at radius 3 is 2.97 bits per heavy atom. The largest absolute Gasteiger partial charge is 0.497 e. The van der Waals surface area contributed by atoms with Crippen LogP contribution in [-0.4, -0.2) is 34.2 Å². The zero-order valence-electron chi connectivity index (χ0n) is 16.2. The number of hydrogen-bond donors (Lipinski definition) is 1. The Hall–Kier alpha value is -3.07. The Bertz CT molecular complexity index is 1130. The zero-order chi connectivity index (χ0) is 20.4. The fraction of sp³-hybridized carbons (Fsp3) is 0.350. The molecule has 2 aromatic heterocycles. The fourth-order valence-electron chi connectivity index (χ4n) is 3.44. The molecule has 150 valence electrons. The first kappa shape index (κ1) is 19.3. The number of hydrazone groups is 1. The lowest BCUT2D eigenvalue weighted by Gasteiger charge is -2.17. The second-order valence-electron chi connectivity index (χ2n) is 7.15. The van der Waals surface area contributed by atoms with E-state index in [0.717, 1.165) is 40.8 Å². The van der Waals surface area contributed by atoms with Crippen molar-refractivity contribution in [2.45, 2.75) is 32.7 Å². The lowest BCUT2D eigenvalue weighted by molar-refractivity contribution is -0.121. The maximum Gasteiger partial charge on any atom is 0.279 e. The fourth-order valence-corrected chi connectivity index (χ4v) is 4.75. The Kier molecular flexibility index (Phi) is 5.39. The van der Waals surface area contributed by atoms with Gasteiger partial charge in [0, 0.05) is 4.88 Å². The smallest absolute Gasteiger partial charge is 0.279 e. The summed E-state index contributed by atoms with van der Waals surface area (Å²) in [5.41, 5.74) is 4.04. The van der Waals surface area contributed by atoms with Crippen LogP contribution in [0.15, 0.2) is 34.2 Å². The number of methoxy groups -OCH3 is 1. The molecule has 1 aliphatic carbocycles. The minimum absolute atomic E-state index is 0.233. The van der Waals surface area contributed by atoms with Crippen LogP contribution in [0, 0.1) is 5.92 Å². The van der Waals surface area contributed by atoms with Gasteiger partial charge in [-0.1, -0.05) is 12.1 Å². The highest BCUT2D eigenvalue weighted by Gasteiger charge is 2.24. The predicted octanol–water partition coefficient (Wildman–Crippen LogP) is 2.14. The van der Waals surface area contributed by atoms with Crippen molar-refractivity contribution in [2.24, 2.45) is 11.0 Å². The quantitative estimate of drug-likeness (QED) is 0.512. The van der Waals surface area contributed by atoms with Crippen LogP contribution in [0.1, 0.15) is 29.3 Å². The molecule has 9 heteroatoms. The SMILES string of the molecule is COc1ccc(/C=N\NC(=O)Cn2nnc3sc4c(c3c2=O)CC[C@@H](C)C4)cc1. The van der Waals surface area contributed by atoms with E-state index < -0.39 is 5.91 Å². The summed E-state index contributed by atoms with van der Waals surface area (Å²) in [7, 11) is 1.60. The van der Waals surface area contributed by atoms with Gasteiger partial charge in [0.2, 0.25) is 0 Å². The average molecular weight is 411 g/mol. The molecule has 8 nitrogen and oxygen atoms in total. The maximum absolute atomic E-state index is 12.9. The lowest BCUT2D eigenvalue weighted by atomic mass is 9.89. The predicted molar refractivity (Wildman–Crippen MR) is 112 cm³/mol. The molecule has 1 N–H and O–H groups in total. The zero-order valence-corrected chi connectivity index (χ0v) is 17.0. The Morgan fingerprint density at radius 1 is 1.41 bits per heavy atom. The summed E-state index contributed by atoms with van der Waals surface area (Å²) in [6.45, 7) is 1.98. The molecule has 1 aromatic carbocycles. The van der Waals surface area contributed by atoms with Gasteiger partial charge in [-0.25, -0.2) is 10.1 Å². The Labute approximate surface area is 171 Å². The summed E-state index contributed by atoms with van der Waals surface area (Å²) in [6.07, 6.45) is 4.42. The molecule has 29 heavy (non-hydrogen) atoms. The van der Waals surface area contributed by atoms with Gasteiger partial charge in [-0.3, -0.25) is 9.59 Å². The number of nitrogens with one attached hydrogen (secondary N) is 1. The van der Waals surface area contributed by atoms with Crippen molar-refractivity contribution in [1.82, 2.24) is 20.4 Å². The molecule has 0 spiro atoms. The van der Waals surface area contributed by atoms with E-state index in [-0.39, 0.29) is 12.1 Å². The van der Waals surface area contributed by atoms with E-state index in [2.05, 4.69) is 27.8 Å². The van der Waals surface area contributed by atoms with E-state index in [1.807, 2.05) is 12.1 Å². The Balaban J connectivity index is 1.47. The van der Waals surface area contributed by atoms with E-state index in [0.29, 0.717) is 16.1 Å². The molecule has 0 radical (unpaired) electrons. The van der Waals surface area contributed by atoms with E-state index in [1.165, 1.54) is 22.4 Å². The van der Waals surface area contributed by atoms with Gasteiger partial charge in [-0.15, -0.1) is 16.4 Å². The van der Waals surface area contributed by atoms with Gasteiger partial charge >= 0.3 is 0 Å². The van der Waals surface area contributed by atoms with Gasteiger partial charge in [0.05, 0.1) is 18.7 Å². The molecule has 3 aromatic rings. The third kappa shape index (κ3) is 4.04. The van der Waals surface area contributed by atoms with Crippen molar-refractivity contribution < 1.29 is 9.53 Å². The monoisotopic (exact) mass is 411 g/mol. The molecule has 0 bridgehead atoms. The number of aryl methyl sites for hydroxylation is 1. The van der Waals surface area contributed by atoms with Gasteiger partial charge in [-0.05, 0) is 60.6 Å². The number of carbonyl (C=O) groups excluding carboxylic acids is 1. The molecule has 1 amide bonds. The number of thiophene rings is 1. The normalized spacial score (nSPS) is 16.1. The number of amides is 1. The maximum atomic E-state index is 12.9. The first-order valence-electron chi connectivity index (χ1n) is 9.39. The summed E-state index contributed by atoms with van der Waals surface area (Å²) in [5.74, 6) is 0.910. The van der Waals surface area contributed by atoms with Crippen LogP contribution >= 0.6 is 11.3 Å². The minimum atomic E-state index is -0.441. The van der Waals surface area contributed by atoms with Gasteiger partial charge < -0.3 is 4.74 Å². The number of benzene rings is 1. The number of nitrogens with zero attached hydrogens (tertiary/aromatic N) is 4. The topological polar surface area (TPSA) is 98.5 Å². The number of hydrogen-bond acceptors (Lipinski definition) is 7. The number of aromatic nitrogens is 3. The summed E-state index contributed by atoms with van der Waals surface area (Å²) in [4.78, 5) is 26.9. The van der Waals surface area contributed by atoms with Crippen molar-refractivity contribution in [3.63, 3.8) is 0 Å². The number of ether oxygens (including phenoxy) is 1. The highest BCUT2D eigenvalue weighted by molar-refractivity contribution is 7.18. The molecule has 0 saturated carbocycles. The van der Waals surface area contributed by atoms with E-state index in [4.69, 9.17) is 4.74 Å². The molecular weight excluding hydrogens is 390 g/mol. The number of rotatable bonds is 5. The van der Waals surface area contributed by atoms with Crippen LogP contribution in [-0.2, 0) is 24.2 Å². The molecule has 1 atom stereocenters. The van der Waals surface area contributed by atoms with Crippen LogP contribution in [0.3, 0.4) is 0 Å². The van der Waals surface area contributed by atoms with E-state index in [9.17, 15) is 9.59 Å². The highest BCUT2D eigenvalue weighted by atomic mass is 32.1. The van der Waals surface area contributed by atoms with E-state index in [1.54, 1.807) is 19.2 Å². The number of fused-ring (bicyclic) bond motifs is 3. The Morgan fingerprint density at radius 2 is 2.21 bits per heavy atom. The first-order valence-corrected chi connectivity index (χ1v) is 10.2. The first-order chi connectivity index (χ1) is 14.0. The van der Waals surface area contributed by atoms with Gasteiger partial charge in [0.15, 0.2) is 4.83 Å². The van der Waals surface area contributed by atoms with Crippen LogP contribution in [0.2, 0.25) is 0 Å². The van der Waals surface area contributed by atoms with Gasteiger partial charge in [-0.2, -0.15) is 5.10 Å². The van der Waals surface area contributed by atoms with E-state index >= 15 is 0 Å². The third-order valence-corrected chi connectivity index (χ3v) is 6.14. The minimum Gasteiger partial charge on any atom is -0.497 e. The standard InChI is InChI=1S/C20H21N5O3S/c1-12-3-8-15-16(9-12)29-19-18(15)20(27)25(24-23-19)11-17(26)22-21-10-13-4-6-14(28-2)7-5-13/h4-7,10,12H,3,8-9,11H2,1-2H3,(H,22,26)/b21-10-/t12-/m1/s1. The molecule has 0 saturated heterocycles. The van der Waals surface area contributed by atoms with Crippen LogP contribution in [0.5, 0.6) is 5.75 Å². The van der Waals surface area contributed by atoms with Crippen molar-refractivity contribution in [3.8, 4) is 5.75 Å². The second kappa shape index (κ2) is 8.12. The van der Waals surface area contributed by atoms with Gasteiger partial charge in [0.25, 0.3) is 11.5 Å². The summed E-state index contributed by atoms with van der Waals surface area (Å²) < 4.78 is 6.20. The van der Waals surface area contributed by atoms with Crippen molar-refractivity contribution in [1.29, 1.82) is 0 Å². The van der Waals surface area contributed by atoms with Gasteiger partial charge in [0.1, 0.15) is 12.3 Å². The van der Waals surface area contributed by atoms with Crippen molar-refractivity contribution in [3.05, 3.63) is 50.6 Å². The average Bonchev–Trinajstić information content (AvgIpc) is 3.09. The molecule has 4 rings (SSSR count). The molecule has 2 heterocycles.